The Balaban J connectivity index is 2.18. The maximum atomic E-state index is 5.42. The molecule has 1 unspecified atom stereocenters. The van der Waals surface area contributed by atoms with Crippen LogP contribution in [0.4, 0.5) is 0 Å². The van der Waals surface area contributed by atoms with E-state index in [9.17, 15) is 0 Å². The van der Waals surface area contributed by atoms with Crippen LogP contribution < -0.4 is 10.1 Å². The fraction of sp³-hybridized carbons (Fsp3) is 0.571. The van der Waals surface area contributed by atoms with Crippen molar-refractivity contribution in [1.82, 2.24) is 5.32 Å². The molecule has 2 nitrogen and oxygen atoms in total. The number of hydrogen-bond acceptors (Lipinski definition) is 2. The molecule has 1 atom stereocenters. The number of rotatable bonds is 4. The topological polar surface area (TPSA) is 21.3 Å². The Hall–Kier alpha value is -1.02. The molecule has 1 fully saturated rings. The number of benzene rings is 1. The van der Waals surface area contributed by atoms with Crippen molar-refractivity contribution in [3.05, 3.63) is 29.8 Å². The molecule has 0 amide bonds. The Morgan fingerprint density at radius 2 is 2.19 bits per heavy atom. The Bertz CT molecular complexity index is 342. The van der Waals surface area contributed by atoms with Crippen LogP contribution >= 0.6 is 0 Å². The molecule has 88 valence electrons. The van der Waals surface area contributed by atoms with Gasteiger partial charge in [0.25, 0.3) is 0 Å². The molecule has 1 heterocycles. The number of para-hydroxylation sites is 1. The zero-order valence-electron chi connectivity index (χ0n) is 10.3. The predicted molar refractivity (Wildman–Crippen MR) is 67.0 cm³/mol. The first kappa shape index (κ1) is 11.5. The molecule has 1 aliphatic heterocycles. The summed E-state index contributed by atoms with van der Waals surface area (Å²) in [6.07, 6.45) is 4.84. The molecule has 16 heavy (non-hydrogen) atoms. The summed E-state index contributed by atoms with van der Waals surface area (Å²) in [5.41, 5.74) is 1.62. The van der Waals surface area contributed by atoms with Crippen LogP contribution in [0.1, 0.15) is 31.7 Å². The number of methoxy groups -OCH3 is 1. The third-order valence-corrected chi connectivity index (χ3v) is 3.73. The lowest BCUT2D eigenvalue weighted by Gasteiger charge is -2.29. The lowest BCUT2D eigenvalue weighted by molar-refractivity contribution is 0.348. The van der Waals surface area contributed by atoms with E-state index < -0.39 is 0 Å². The van der Waals surface area contributed by atoms with E-state index in [0.29, 0.717) is 5.54 Å². The first-order valence-electron chi connectivity index (χ1n) is 6.16. The van der Waals surface area contributed by atoms with E-state index in [-0.39, 0.29) is 0 Å². The average molecular weight is 219 g/mol. The minimum atomic E-state index is 0.300. The lowest BCUT2D eigenvalue weighted by atomic mass is 9.86. The Morgan fingerprint density at radius 3 is 2.81 bits per heavy atom. The van der Waals surface area contributed by atoms with Crippen LogP contribution in [0.25, 0.3) is 0 Å². The third-order valence-electron chi connectivity index (χ3n) is 3.73. The lowest BCUT2D eigenvalue weighted by Crippen LogP contribution is -2.41. The predicted octanol–water partition coefficient (Wildman–Crippen LogP) is 2.77. The summed E-state index contributed by atoms with van der Waals surface area (Å²) in [6, 6.07) is 8.35. The van der Waals surface area contributed by atoms with E-state index in [1.807, 2.05) is 12.1 Å². The zero-order chi connectivity index (χ0) is 11.4. The second-order valence-corrected chi connectivity index (χ2v) is 4.65. The highest BCUT2D eigenvalue weighted by molar-refractivity contribution is 5.34. The van der Waals surface area contributed by atoms with Crippen molar-refractivity contribution >= 4 is 0 Å². The molecule has 0 saturated carbocycles. The molecule has 2 rings (SSSR count). The second kappa shape index (κ2) is 4.88. The summed E-state index contributed by atoms with van der Waals surface area (Å²) in [5.74, 6) is 1.02. The largest absolute Gasteiger partial charge is 0.496 e. The van der Waals surface area contributed by atoms with E-state index in [1.54, 1.807) is 7.11 Å². The highest BCUT2D eigenvalue weighted by atomic mass is 16.5. The van der Waals surface area contributed by atoms with Gasteiger partial charge in [-0.05, 0) is 43.9 Å². The summed E-state index contributed by atoms with van der Waals surface area (Å²) in [4.78, 5) is 0. The molecule has 0 radical (unpaired) electrons. The van der Waals surface area contributed by atoms with Gasteiger partial charge < -0.3 is 10.1 Å². The normalized spacial score (nSPS) is 24.6. The molecule has 0 bridgehead atoms. The molecule has 1 aliphatic rings. The van der Waals surface area contributed by atoms with Gasteiger partial charge in [-0.25, -0.2) is 0 Å². The number of nitrogens with one attached hydrogen (secondary N) is 1. The summed E-state index contributed by atoms with van der Waals surface area (Å²) < 4.78 is 5.42. The molecule has 2 heteroatoms. The Kier molecular flexibility index (Phi) is 3.49. The van der Waals surface area contributed by atoms with Crippen molar-refractivity contribution in [3.63, 3.8) is 0 Å². The minimum absolute atomic E-state index is 0.300. The monoisotopic (exact) mass is 219 g/mol. The van der Waals surface area contributed by atoms with E-state index in [2.05, 4.69) is 24.4 Å². The van der Waals surface area contributed by atoms with Gasteiger partial charge in [-0.2, -0.15) is 0 Å². The van der Waals surface area contributed by atoms with Gasteiger partial charge in [0.2, 0.25) is 0 Å². The van der Waals surface area contributed by atoms with Gasteiger partial charge in [0.05, 0.1) is 7.11 Å². The SMILES string of the molecule is CCC1(Cc2ccccc2OC)CCCN1. The van der Waals surface area contributed by atoms with Crippen LogP contribution in [-0.2, 0) is 6.42 Å². The minimum Gasteiger partial charge on any atom is -0.496 e. The van der Waals surface area contributed by atoms with Gasteiger partial charge in [-0.1, -0.05) is 25.1 Å². The van der Waals surface area contributed by atoms with Gasteiger partial charge in [-0.3, -0.25) is 0 Å². The van der Waals surface area contributed by atoms with Gasteiger partial charge in [0.1, 0.15) is 5.75 Å². The van der Waals surface area contributed by atoms with Crippen LogP contribution in [0.5, 0.6) is 5.75 Å². The van der Waals surface area contributed by atoms with Crippen molar-refractivity contribution in [1.29, 1.82) is 0 Å². The molecule has 0 aromatic heterocycles. The molecule has 0 spiro atoms. The number of ether oxygens (including phenoxy) is 1. The van der Waals surface area contributed by atoms with Crippen molar-refractivity contribution in [3.8, 4) is 5.75 Å². The maximum absolute atomic E-state index is 5.42. The van der Waals surface area contributed by atoms with E-state index >= 15 is 0 Å². The van der Waals surface area contributed by atoms with Crippen molar-refractivity contribution in [2.45, 2.75) is 38.1 Å². The molecule has 1 aromatic rings. The summed E-state index contributed by atoms with van der Waals surface area (Å²) >= 11 is 0. The first-order chi connectivity index (χ1) is 7.79. The Labute approximate surface area is 98.0 Å². The van der Waals surface area contributed by atoms with Gasteiger partial charge in [0.15, 0.2) is 0 Å². The molecule has 0 aliphatic carbocycles. The average Bonchev–Trinajstić information content (AvgIpc) is 2.79. The van der Waals surface area contributed by atoms with Crippen LogP contribution in [0.2, 0.25) is 0 Å². The van der Waals surface area contributed by atoms with Gasteiger partial charge >= 0.3 is 0 Å². The summed E-state index contributed by atoms with van der Waals surface area (Å²) in [6.45, 7) is 3.43. The van der Waals surface area contributed by atoms with Crippen LogP contribution in [0, 0.1) is 0 Å². The third kappa shape index (κ3) is 2.22. The highest BCUT2D eigenvalue weighted by Crippen LogP contribution is 2.30. The van der Waals surface area contributed by atoms with Crippen molar-refractivity contribution < 1.29 is 4.74 Å². The smallest absolute Gasteiger partial charge is 0.122 e. The molecule has 1 aromatic carbocycles. The second-order valence-electron chi connectivity index (χ2n) is 4.65. The standard InChI is InChI=1S/C14H21NO/c1-3-14(9-6-10-15-14)11-12-7-4-5-8-13(12)16-2/h4-5,7-8,15H,3,6,9-11H2,1-2H3. The zero-order valence-corrected chi connectivity index (χ0v) is 10.3. The fourth-order valence-corrected chi connectivity index (χ4v) is 2.66. The van der Waals surface area contributed by atoms with Crippen LogP contribution in [0.3, 0.4) is 0 Å². The van der Waals surface area contributed by atoms with Gasteiger partial charge in [-0.15, -0.1) is 0 Å². The quantitative estimate of drug-likeness (QED) is 0.840. The maximum Gasteiger partial charge on any atom is 0.122 e. The molecular weight excluding hydrogens is 198 g/mol. The fourth-order valence-electron chi connectivity index (χ4n) is 2.66. The van der Waals surface area contributed by atoms with Gasteiger partial charge in [0, 0.05) is 5.54 Å². The summed E-state index contributed by atoms with van der Waals surface area (Å²) in [5, 5.41) is 3.66. The number of hydrogen-bond donors (Lipinski definition) is 1. The van der Waals surface area contributed by atoms with E-state index in [1.165, 1.54) is 24.8 Å². The first-order valence-corrected chi connectivity index (χ1v) is 6.16. The van der Waals surface area contributed by atoms with E-state index in [4.69, 9.17) is 4.74 Å². The molecule has 1 saturated heterocycles. The summed E-state index contributed by atoms with van der Waals surface area (Å²) in [7, 11) is 1.75. The molecular formula is C14H21NO. The van der Waals surface area contributed by atoms with Crippen LogP contribution in [-0.4, -0.2) is 19.2 Å². The van der Waals surface area contributed by atoms with Crippen molar-refractivity contribution in [2.24, 2.45) is 0 Å². The Morgan fingerprint density at radius 1 is 1.38 bits per heavy atom. The molecule has 1 N–H and O–H groups in total. The highest BCUT2D eigenvalue weighted by Gasteiger charge is 2.32. The van der Waals surface area contributed by atoms with E-state index in [0.717, 1.165) is 18.7 Å². The van der Waals surface area contributed by atoms with Crippen molar-refractivity contribution in [2.75, 3.05) is 13.7 Å². The van der Waals surface area contributed by atoms with Crippen LogP contribution in [0.15, 0.2) is 24.3 Å².